The number of aryl methyl sites for hydroxylation is 2. The zero-order valence-corrected chi connectivity index (χ0v) is 15.4. The van der Waals surface area contributed by atoms with Crippen LogP contribution < -0.4 is 4.74 Å². The van der Waals surface area contributed by atoms with E-state index < -0.39 is 5.97 Å². The van der Waals surface area contributed by atoms with Crippen molar-refractivity contribution in [1.82, 2.24) is 10.2 Å². The van der Waals surface area contributed by atoms with Crippen LogP contribution in [0.3, 0.4) is 0 Å². The lowest BCUT2D eigenvalue weighted by molar-refractivity contribution is 0.0724. The lowest BCUT2D eigenvalue weighted by atomic mass is 10.0. The summed E-state index contributed by atoms with van der Waals surface area (Å²) in [6.07, 6.45) is 0. The highest BCUT2D eigenvalue weighted by Crippen LogP contribution is 2.21. The molecule has 0 saturated heterocycles. The molecule has 0 saturated carbocycles. The van der Waals surface area contributed by atoms with E-state index in [4.69, 9.17) is 4.74 Å². The Labute approximate surface area is 154 Å². The number of carbonyl (C=O) groups is 1. The summed E-state index contributed by atoms with van der Waals surface area (Å²) in [5.41, 5.74) is 4.67. The molecule has 0 spiro atoms. The SMILES string of the molecule is Cc1ccc(-c2ccc(OC(=O)c3ccccc3I)nn2)cc1C. The Bertz CT molecular complexity index is 892. The Balaban J connectivity index is 1.78. The van der Waals surface area contributed by atoms with Crippen molar-refractivity contribution < 1.29 is 9.53 Å². The molecule has 0 radical (unpaired) electrons. The summed E-state index contributed by atoms with van der Waals surface area (Å²) in [5.74, 6) is -0.250. The van der Waals surface area contributed by atoms with Gasteiger partial charge in [-0.05, 0) is 71.8 Å². The van der Waals surface area contributed by atoms with Crippen LogP contribution in [0, 0.1) is 17.4 Å². The van der Waals surface area contributed by atoms with Gasteiger partial charge in [0.2, 0.25) is 5.88 Å². The largest absolute Gasteiger partial charge is 0.402 e. The molecule has 0 bridgehead atoms. The van der Waals surface area contributed by atoms with Gasteiger partial charge < -0.3 is 4.74 Å². The number of nitrogens with zero attached hydrogens (tertiary/aromatic N) is 2. The van der Waals surface area contributed by atoms with Crippen molar-refractivity contribution in [1.29, 1.82) is 0 Å². The average Bonchev–Trinajstić information content (AvgIpc) is 2.58. The monoisotopic (exact) mass is 430 g/mol. The van der Waals surface area contributed by atoms with Crippen molar-refractivity contribution in [3.8, 4) is 17.1 Å². The number of halogens is 1. The number of carbonyl (C=O) groups excluding carboxylic acids is 1. The van der Waals surface area contributed by atoms with Crippen LogP contribution in [0.5, 0.6) is 5.88 Å². The third kappa shape index (κ3) is 3.62. The van der Waals surface area contributed by atoms with Gasteiger partial charge >= 0.3 is 5.97 Å². The maximum absolute atomic E-state index is 12.2. The lowest BCUT2D eigenvalue weighted by Crippen LogP contribution is -2.11. The van der Waals surface area contributed by atoms with Gasteiger partial charge in [-0.3, -0.25) is 0 Å². The molecule has 1 heterocycles. The van der Waals surface area contributed by atoms with E-state index in [-0.39, 0.29) is 5.88 Å². The molecule has 0 unspecified atom stereocenters. The number of hydrogen-bond donors (Lipinski definition) is 0. The van der Waals surface area contributed by atoms with Gasteiger partial charge in [-0.25, -0.2) is 4.79 Å². The van der Waals surface area contributed by atoms with Gasteiger partial charge in [-0.2, -0.15) is 0 Å². The number of hydrogen-bond acceptors (Lipinski definition) is 4. The molecule has 0 amide bonds. The minimum absolute atomic E-state index is 0.187. The summed E-state index contributed by atoms with van der Waals surface area (Å²) in [6, 6.07) is 16.8. The fraction of sp³-hybridized carbons (Fsp3) is 0.105. The van der Waals surface area contributed by atoms with Crippen molar-refractivity contribution in [3.63, 3.8) is 0 Å². The highest BCUT2D eigenvalue weighted by Gasteiger charge is 2.13. The van der Waals surface area contributed by atoms with E-state index in [1.807, 2.05) is 18.2 Å². The van der Waals surface area contributed by atoms with Crippen molar-refractivity contribution in [2.45, 2.75) is 13.8 Å². The van der Waals surface area contributed by atoms with E-state index in [9.17, 15) is 4.79 Å². The molecule has 5 heteroatoms. The third-order valence-corrected chi connectivity index (χ3v) is 4.67. The van der Waals surface area contributed by atoms with Gasteiger partial charge in [-0.1, -0.05) is 24.3 Å². The van der Waals surface area contributed by atoms with Gasteiger partial charge in [0.25, 0.3) is 0 Å². The van der Waals surface area contributed by atoms with E-state index in [0.717, 1.165) is 14.8 Å². The fourth-order valence-corrected chi connectivity index (χ4v) is 2.81. The number of esters is 1. The van der Waals surface area contributed by atoms with Crippen LogP contribution in [-0.4, -0.2) is 16.2 Å². The Morgan fingerprint density at radius 1 is 0.958 bits per heavy atom. The van der Waals surface area contributed by atoms with Crippen molar-refractivity contribution in [2.75, 3.05) is 0 Å². The van der Waals surface area contributed by atoms with E-state index in [0.29, 0.717) is 5.56 Å². The molecule has 0 N–H and O–H groups in total. The summed E-state index contributed by atoms with van der Waals surface area (Å²) in [7, 11) is 0. The molecular weight excluding hydrogens is 415 g/mol. The zero-order valence-electron chi connectivity index (χ0n) is 13.3. The molecule has 3 aromatic rings. The second kappa shape index (κ2) is 7.09. The van der Waals surface area contributed by atoms with Crippen LogP contribution in [0.4, 0.5) is 0 Å². The smallest absolute Gasteiger partial charge is 0.345 e. The molecule has 0 aliphatic heterocycles. The molecule has 3 rings (SSSR count). The predicted molar refractivity (Wildman–Crippen MR) is 101 cm³/mol. The van der Waals surface area contributed by atoms with E-state index in [2.05, 4.69) is 58.8 Å². The molecule has 24 heavy (non-hydrogen) atoms. The summed E-state index contributed by atoms with van der Waals surface area (Å²) in [6.45, 7) is 4.13. The molecule has 120 valence electrons. The topological polar surface area (TPSA) is 52.1 Å². The Morgan fingerprint density at radius 3 is 2.42 bits per heavy atom. The van der Waals surface area contributed by atoms with Crippen LogP contribution in [0.15, 0.2) is 54.6 Å². The number of rotatable bonds is 3. The molecule has 0 aliphatic carbocycles. The summed E-state index contributed by atoms with van der Waals surface area (Å²) < 4.78 is 6.13. The van der Waals surface area contributed by atoms with Gasteiger partial charge in [0, 0.05) is 15.2 Å². The number of aromatic nitrogens is 2. The molecule has 2 aromatic carbocycles. The summed E-state index contributed by atoms with van der Waals surface area (Å²) >= 11 is 2.10. The molecule has 0 aliphatic rings. The van der Waals surface area contributed by atoms with Crippen LogP contribution in [0.2, 0.25) is 0 Å². The minimum atomic E-state index is -0.437. The first-order valence-corrected chi connectivity index (χ1v) is 8.50. The van der Waals surface area contributed by atoms with Crippen molar-refractivity contribution in [3.05, 3.63) is 74.9 Å². The molecule has 4 nitrogen and oxygen atoms in total. The highest BCUT2D eigenvalue weighted by molar-refractivity contribution is 14.1. The maximum atomic E-state index is 12.2. The second-order valence-electron chi connectivity index (χ2n) is 5.43. The Morgan fingerprint density at radius 2 is 1.75 bits per heavy atom. The van der Waals surface area contributed by atoms with Crippen LogP contribution in [-0.2, 0) is 0 Å². The fourth-order valence-electron chi connectivity index (χ4n) is 2.21. The van der Waals surface area contributed by atoms with Gasteiger partial charge in [0.1, 0.15) is 0 Å². The standard InChI is InChI=1S/C19H15IN2O2/c1-12-7-8-14(11-13(12)2)17-9-10-18(22-21-17)24-19(23)15-5-3-4-6-16(15)20/h3-11H,1-2H3. The summed E-state index contributed by atoms with van der Waals surface area (Å²) in [4.78, 5) is 12.2. The normalized spacial score (nSPS) is 10.5. The molecule has 0 atom stereocenters. The van der Waals surface area contributed by atoms with Crippen molar-refractivity contribution >= 4 is 28.6 Å². The van der Waals surface area contributed by atoms with Gasteiger partial charge in [-0.15, -0.1) is 10.2 Å². The minimum Gasteiger partial charge on any atom is -0.402 e. The lowest BCUT2D eigenvalue weighted by Gasteiger charge is -2.06. The van der Waals surface area contributed by atoms with Gasteiger partial charge in [0.15, 0.2) is 0 Å². The first-order chi connectivity index (χ1) is 11.5. The number of benzene rings is 2. The van der Waals surface area contributed by atoms with Gasteiger partial charge in [0.05, 0.1) is 11.3 Å². The van der Waals surface area contributed by atoms with Crippen LogP contribution >= 0.6 is 22.6 Å². The Hall–Kier alpha value is -2.28. The average molecular weight is 430 g/mol. The van der Waals surface area contributed by atoms with Crippen molar-refractivity contribution in [2.24, 2.45) is 0 Å². The first-order valence-electron chi connectivity index (χ1n) is 7.42. The molecule has 0 fully saturated rings. The zero-order chi connectivity index (χ0) is 17.1. The first kappa shape index (κ1) is 16.6. The van der Waals surface area contributed by atoms with Crippen LogP contribution in [0.1, 0.15) is 21.5 Å². The highest BCUT2D eigenvalue weighted by atomic mass is 127. The molecular formula is C19H15IN2O2. The number of ether oxygens (including phenoxy) is 1. The molecule has 1 aromatic heterocycles. The van der Waals surface area contributed by atoms with E-state index >= 15 is 0 Å². The van der Waals surface area contributed by atoms with Crippen LogP contribution in [0.25, 0.3) is 11.3 Å². The quantitative estimate of drug-likeness (QED) is 0.451. The summed E-state index contributed by atoms with van der Waals surface area (Å²) in [5, 5.41) is 8.17. The second-order valence-corrected chi connectivity index (χ2v) is 6.59. The van der Waals surface area contributed by atoms with E-state index in [1.165, 1.54) is 11.1 Å². The predicted octanol–water partition coefficient (Wildman–Crippen LogP) is 4.58. The third-order valence-electron chi connectivity index (χ3n) is 3.73. The maximum Gasteiger partial charge on any atom is 0.345 e. The van der Waals surface area contributed by atoms with E-state index in [1.54, 1.807) is 24.3 Å². The Kier molecular flexibility index (Phi) is 4.89.